The molecule has 0 aromatic carbocycles. The fourth-order valence-electron chi connectivity index (χ4n) is 4.13. The minimum absolute atomic E-state index is 0.390. The number of hydrogen-bond acceptors (Lipinski definition) is 3. The van der Waals surface area contributed by atoms with Crippen LogP contribution in [0.3, 0.4) is 0 Å². The van der Waals surface area contributed by atoms with E-state index in [4.69, 9.17) is 4.74 Å². The van der Waals surface area contributed by atoms with Gasteiger partial charge >= 0.3 is 0 Å². The number of morpholine rings is 1. The molecular formula is C16H32N2O. The Hall–Kier alpha value is -0.120. The first-order valence-corrected chi connectivity index (χ1v) is 8.16. The number of ether oxygens (including phenoxy) is 1. The molecule has 3 heteroatoms. The quantitative estimate of drug-likeness (QED) is 0.793. The summed E-state index contributed by atoms with van der Waals surface area (Å²) in [6, 6.07) is 0. The van der Waals surface area contributed by atoms with Crippen LogP contribution in [-0.4, -0.2) is 50.3 Å². The second-order valence-electron chi connectivity index (χ2n) is 6.90. The number of hydrogen-bond donors (Lipinski definition) is 1. The Morgan fingerprint density at radius 2 is 1.63 bits per heavy atom. The van der Waals surface area contributed by atoms with E-state index < -0.39 is 0 Å². The third-order valence-corrected chi connectivity index (χ3v) is 4.77. The van der Waals surface area contributed by atoms with Gasteiger partial charge in [0, 0.05) is 26.2 Å². The van der Waals surface area contributed by atoms with Crippen LogP contribution in [0.15, 0.2) is 0 Å². The van der Waals surface area contributed by atoms with Crippen LogP contribution < -0.4 is 5.32 Å². The van der Waals surface area contributed by atoms with Gasteiger partial charge in [0.15, 0.2) is 0 Å². The molecule has 1 heterocycles. The van der Waals surface area contributed by atoms with Crippen molar-refractivity contribution in [3.8, 4) is 0 Å². The van der Waals surface area contributed by atoms with Gasteiger partial charge in [0.05, 0.1) is 12.2 Å². The first-order valence-electron chi connectivity index (χ1n) is 8.16. The Morgan fingerprint density at radius 3 is 2.16 bits per heavy atom. The predicted octanol–water partition coefficient (Wildman–Crippen LogP) is 2.66. The highest BCUT2D eigenvalue weighted by Crippen LogP contribution is 2.36. The van der Waals surface area contributed by atoms with E-state index in [0.29, 0.717) is 17.6 Å². The lowest BCUT2D eigenvalue weighted by Gasteiger charge is -2.42. The van der Waals surface area contributed by atoms with Crippen LogP contribution in [0.2, 0.25) is 0 Å². The van der Waals surface area contributed by atoms with Crippen molar-refractivity contribution in [2.24, 2.45) is 5.41 Å². The molecule has 0 radical (unpaired) electrons. The molecule has 19 heavy (non-hydrogen) atoms. The van der Waals surface area contributed by atoms with Gasteiger partial charge in [-0.15, -0.1) is 0 Å². The summed E-state index contributed by atoms with van der Waals surface area (Å²) in [5, 5.41) is 3.46. The number of nitrogens with one attached hydrogen (secondary N) is 1. The second kappa shape index (κ2) is 7.05. The van der Waals surface area contributed by atoms with Gasteiger partial charge in [-0.25, -0.2) is 0 Å². The molecule has 1 aliphatic carbocycles. The zero-order chi connectivity index (χ0) is 13.7. The monoisotopic (exact) mass is 268 g/mol. The first kappa shape index (κ1) is 15.3. The highest BCUT2D eigenvalue weighted by molar-refractivity contribution is 4.88. The van der Waals surface area contributed by atoms with E-state index in [1.807, 2.05) is 0 Å². The summed E-state index contributed by atoms with van der Waals surface area (Å²) in [6.07, 6.45) is 9.26. The molecule has 1 N–H and O–H groups in total. The molecule has 2 rings (SSSR count). The third kappa shape index (κ3) is 4.44. The van der Waals surface area contributed by atoms with Gasteiger partial charge < -0.3 is 10.1 Å². The lowest BCUT2D eigenvalue weighted by atomic mass is 9.79. The number of nitrogens with zero attached hydrogens (tertiary/aromatic N) is 1. The van der Waals surface area contributed by atoms with Crippen LogP contribution in [-0.2, 0) is 4.74 Å². The van der Waals surface area contributed by atoms with Crippen molar-refractivity contribution >= 4 is 0 Å². The zero-order valence-electron chi connectivity index (χ0n) is 13.1. The van der Waals surface area contributed by atoms with Crippen molar-refractivity contribution in [2.75, 3.05) is 33.2 Å². The molecule has 2 unspecified atom stereocenters. The molecule has 1 saturated carbocycles. The van der Waals surface area contributed by atoms with E-state index in [1.54, 1.807) is 0 Å². The Morgan fingerprint density at radius 1 is 1.05 bits per heavy atom. The maximum Gasteiger partial charge on any atom is 0.0678 e. The minimum atomic E-state index is 0.390. The average Bonchev–Trinajstić information content (AvgIpc) is 2.54. The average molecular weight is 268 g/mol. The van der Waals surface area contributed by atoms with Gasteiger partial charge in [0.1, 0.15) is 0 Å². The van der Waals surface area contributed by atoms with Crippen molar-refractivity contribution in [2.45, 2.75) is 64.6 Å². The van der Waals surface area contributed by atoms with Gasteiger partial charge in [0.2, 0.25) is 0 Å². The largest absolute Gasteiger partial charge is 0.373 e. The molecule has 0 bridgehead atoms. The standard InChI is InChI=1S/C16H32N2O/c1-14-10-18(11-15(2)19-14)13-16(12-17-3)8-6-4-5-7-9-16/h14-15,17H,4-13H2,1-3H3. The summed E-state index contributed by atoms with van der Waals surface area (Å²) < 4.78 is 5.87. The van der Waals surface area contributed by atoms with Gasteiger partial charge in [-0.3, -0.25) is 4.90 Å². The molecule has 2 fully saturated rings. The van der Waals surface area contributed by atoms with Crippen LogP contribution in [0.25, 0.3) is 0 Å². The molecule has 112 valence electrons. The lowest BCUT2D eigenvalue weighted by Crippen LogP contribution is -2.51. The van der Waals surface area contributed by atoms with Crippen LogP contribution in [0, 0.1) is 5.41 Å². The first-order chi connectivity index (χ1) is 9.13. The maximum absolute atomic E-state index is 5.87. The van der Waals surface area contributed by atoms with E-state index >= 15 is 0 Å². The maximum atomic E-state index is 5.87. The molecule has 0 spiro atoms. The smallest absolute Gasteiger partial charge is 0.0678 e. The SMILES string of the molecule is CNCC1(CN2CC(C)OC(C)C2)CCCCCC1. The highest BCUT2D eigenvalue weighted by atomic mass is 16.5. The predicted molar refractivity (Wildman–Crippen MR) is 80.5 cm³/mol. The van der Waals surface area contributed by atoms with Crippen molar-refractivity contribution in [1.29, 1.82) is 0 Å². The molecule has 0 aromatic rings. The van der Waals surface area contributed by atoms with Crippen molar-refractivity contribution in [3.63, 3.8) is 0 Å². The normalized spacial score (nSPS) is 33.0. The van der Waals surface area contributed by atoms with Crippen molar-refractivity contribution in [1.82, 2.24) is 10.2 Å². The minimum Gasteiger partial charge on any atom is -0.373 e. The number of rotatable bonds is 4. The van der Waals surface area contributed by atoms with Gasteiger partial charge in [-0.1, -0.05) is 25.7 Å². The molecule has 2 aliphatic rings. The van der Waals surface area contributed by atoms with Gasteiger partial charge in [-0.05, 0) is 39.2 Å². The summed E-state index contributed by atoms with van der Waals surface area (Å²) in [4.78, 5) is 2.65. The van der Waals surface area contributed by atoms with Crippen molar-refractivity contribution in [3.05, 3.63) is 0 Å². The summed E-state index contributed by atoms with van der Waals surface area (Å²) in [7, 11) is 2.11. The van der Waals surface area contributed by atoms with Crippen molar-refractivity contribution < 1.29 is 4.74 Å². The summed E-state index contributed by atoms with van der Waals surface area (Å²) in [6.45, 7) is 9.06. The molecule has 1 saturated heterocycles. The second-order valence-corrected chi connectivity index (χ2v) is 6.90. The summed E-state index contributed by atoms with van der Waals surface area (Å²) in [5.74, 6) is 0. The van der Waals surface area contributed by atoms with Gasteiger partial charge in [0.25, 0.3) is 0 Å². The fraction of sp³-hybridized carbons (Fsp3) is 1.00. The van der Waals surface area contributed by atoms with Crippen LogP contribution in [0.4, 0.5) is 0 Å². The van der Waals surface area contributed by atoms with E-state index in [0.717, 1.165) is 13.1 Å². The fourth-order valence-corrected chi connectivity index (χ4v) is 4.13. The summed E-state index contributed by atoms with van der Waals surface area (Å²) >= 11 is 0. The molecular weight excluding hydrogens is 236 g/mol. The Balaban J connectivity index is 1.98. The van der Waals surface area contributed by atoms with E-state index in [-0.39, 0.29) is 0 Å². The molecule has 0 aromatic heterocycles. The zero-order valence-corrected chi connectivity index (χ0v) is 13.1. The molecule has 1 aliphatic heterocycles. The molecule has 3 nitrogen and oxygen atoms in total. The van der Waals surface area contributed by atoms with Crippen LogP contribution in [0.5, 0.6) is 0 Å². The molecule has 2 atom stereocenters. The van der Waals surface area contributed by atoms with E-state index in [1.165, 1.54) is 51.6 Å². The Labute approximate surface area is 119 Å². The molecule has 0 amide bonds. The summed E-state index contributed by atoms with van der Waals surface area (Å²) in [5.41, 5.74) is 0.502. The lowest BCUT2D eigenvalue weighted by molar-refractivity contribution is -0.0787. The van der Waals surface area contributed by atoms with E-state index in [2.05, 4.69) is 31.1 Å². The van der Waals surface area contributed by atoms with Gasteiger partial charge in [-0.2, -0.15) is 0 Å². The Kier molecular flexibility index (Phi) is 5.67. The highest BCUT2D eigenvalue weighted by Gasteiger charge is 2.34. The van der Waals surface area contributed by atoms with Crippen LogP contribution >= 0.6 is 0 Å². The Bertz CT molecular complexity index is 251. The van der Waals surface area contributed by atoms with Crippen LogP contribution in [0.1, 0.15) is 52.4 Å². The topological polar surface area (TPSA) is 24.5 Å². The third-order valence-electron chi connectivity index (χ3n) is 4.77. The van der Waals surface area contributed by atoms with E-state index in [9.17, 15) is 0 Å².